The van der Waals surface area contributed by atoms with Crippen LogP contribution in [-0.2, 0) is 13.5 Å². The molecule has 1 aromatic carbocycles. The van der Waals surface area contributed by atoms with E-state index < -0.39 is 0 Å². The largest absolute Gasteiger partial charge is 0.346 e. The quantitative estimate of drug-likeness (QED) is 0.808. The van der Waals surface area contributed by atoms with E-state index in [9.17, 15) is 0 Å². The van der Waals surface area contributed by atoms with Crippen molar-refractivity contribution in [3.63, 3.8) is 0 Å². The Balaban J connectivity index is 2.38. The molecule has 2 N–H and O–H groups in total. The lowest BCUT2D eigenvalue weighted by Gasteiger charge is -2.10. The molecule has 84 valence electrons. The minimum atomic E-state index is 0.503. The molecule has 0 bridgehead atoms. The smallest absolute Gasteiger partial charge is 0.0672 e. The molecule has 2 aromatic rings. The van der Waals surface area contributed by atoms with Gasteiger partial charge < -0.3 is 10.3 Å². The van der Waals surface area contributed by atoms with E-state index in [2.05, 4.69) is 17.7 Å². The van der Waals surface area contributed by atoms with Crippen LogP contribution in [-0.4, -0.2) is 11.1 Å². The Morgan fingerprint density at radius 3 is 3.06 bits per heavy atom. The monoisotopic (exact) mass is 234 g/mol. The zero-order valence-electron chi connectivity index (χ0n) is 9.33. The van der Waals surface area contributed by atoms with E-state index in [1.54, 1.807) is 0 Å². The minimum Gasteiger partial charge on any atom is -0.346 e. The summed E-state index contributed by atoms with van der Waals surface area (Å²) in [5.74, 6) is 0.503. The number of rotatable bonds is 1. The minimum absolute atomic E-state index is 0.503. The zero-order valence-corrected chi connectivity index (χ0v) is 10.1. The molecule has 1 aliphatic carbocycles. The summed E-state index contributed by atoms with van der Waals surface area (Å²) in [6.45, 7) is 0.731. The Labute approximate surface area is 100.0 Å². The molecule has 2 nitrogen and oxygen atoms in total. The summed E-state index contributed by atoms with van der Waals surface area (Å²) in [7, 11) is 2.10. The summed E-state index contributed by atoms with van der Waals surface area (Å²) >= 11 is 6.27. The molecule has 0 saturated carbocycles. The average Bonchev–Trinajstić information content (AvgIpc) is 2.81. The highest BCUT2D eigenvalue weighted by atomic mass is 35.5. The normalized spacial score (nSPS) is 19.3. The maximum absolute atomic E-state index is 6.27. The molecule has 16 heavy (non-hydrogen) atoms. The lowest BCUT2D eigenvalue weighted by atomic mass is 10.1. The van der Waals surface area contributed by atoms with Gasteiger partial charge in [-0.3, -0.25) is 0 Å². The van der Waals surface area contributed by atoms with E-state index in [4.69, 9.17) is 17.3 Å². The lowest BCUT2D eigenvalue weighted by molar-refractivity contribution is 0.649. The first-order valence-electron chi connectivity index (χ1n) is 5.69. The van der Waals surface area contributed by atoms with Crippen molar-refractivity contribution >= 4 is 22.5 Å². The number of nitrogens with two attached hydrogens (primary N) is 1. The number of para-hydroxylation sites is 1. The third kappa shape index (κ3) is 1.17. The molecule has 1 atom stereocenters. The fraction of sp³-hybridized carbons (Fsp3) is 0.385. The van der Waals surface area contributed by atoms with Crippen LogP contribution in [0.15, 0.2) is 18.2 Å². The van der Waals surface area contributed by atoms with Gasteiger partial charge in [0.15, 0.2) is 0 Å². The number of hydrogen-bond acceptors (Lipinski definition) is 1. The average molecular weight is 235 g/mol. The Kier molecular flexibility index (Phi) is 2.23. The molecule has 0 amide bonds. The van der Waals surface area contributed by atoms with Gasteiger partial charge in [-0.1, -0.05) is 23.7 Å². The third-order valence-electron chi connectivity index (χ3n) is 3.73. The summed E-state index contributed by atoms with van der Waals surface area (Å²) in [5.41, 5.74) is 9.84. The first-order valence-corrected chi connectivity index (χ1v) is 6.07. The highest BCUT2D eigenvalue weighted by molar-refractivity contribution is 6.35. The number of fused-ring (bicyclic) bond motifs is 3. The molecular formula is C13H15ClN2. The van der Waals surface area contributed by atoms with Crippen LogP contribution >= 0.6 is 11.6 Å². The standard InChI is InChI=1S/C13H15ClN2/c1-16-12-8(7-15)5-6-10(12)9-3-2-4-11(14)13(9)16/h2-4,8H,5-7,15H2,1H3. The maximum Gasteiger partial charge on any atom is 0.0672 e. The van der Waals surface area contributed by atoms with Crippen molar-refractivity contribution in [1.82, 2.24) is 4.57 Å². The van der Waals surface area contributed by atoms with Crippen molar-refractivity contribution in [2.24, 2.45) is 12.8 Å². The van der Waals surface area contributed by atoms with E-state index in [0.717, 1.165) is 23.5 Å². The van der Waals surface area contributed by atoms with Gasteiger partial charge >= 0.3 is 0 Å². The first kappa shape index (κ1) is 10.2. The van der Waals surface area contributed by atoms with Gasteiger partial charge in [0.05, 0.1) is 10.5 Å². The van der Waals surface area contributed by atoms with Gasteiger partial charge in [-0.05, 0) is 24.5 Å². The molecule has 3 heteroatoms. The highest BCUT2D eigenvalue weighted by Gasteiger charge is 2.28. The molecule has 1 unspecified atom stereocenters. The molecule has 1 aliphatic rings. The molecule has 0 radical (unpaired) electrons. The van der Waals surface area contributed by atoms with Gasteiger partial charge in [-0.15, -0.1) is 0 Å². The van der Waals surface area contributed by atoms with Crippen LogP contribution in [0.1, 0.15) is 23.6 Å². The number of aromatic nitrogens is 1. The number of aryl methyl sites for hydroxylation is 2. The van der Waals surface area contributed by atoms with E-state index in [-0.39, 0.29) is 0 Å². The number of hydrogen-bond donors (Lipinski definition) is 1. The second-order valence-corrected chi connectivity index (χ2v) is 4.94. The van der Waals surface area contributed by atoms with Crippen LogP contribution in [0.4, 0.5) is 0 Å². The maximum atomic E-state index is 6.27. The molecule has 0 fully saturated rings. The van der Waals surface area contributed by atoms with Crippen LogP contribution < -0.4 is 5.73 Å². The highest BCUT2D eigenvalue weighted by Crippen LogP contribution is 2.40. The molecule has 0 aliphatic heterocycles. The van der Waals surface area contributed by atoms with Gasteiger partial charge in [0, 0.05) is 30.6 Å². The van der Waals surface area contributed by atoms with E-state index in [0.29, 0.717) is 5.92 Å². The zero-order chi connectivity index (χ0) is 11.3. The summed E-state index contributed by atoms with van der Waals surface area (Å²) in [6, 6.07) is 6.15. The van der Waals surface area contributed by atoms with Crippen molar-refractivity contribution < 1.29 is 0 Å². The summed E-state index contributed by atoms with van der Waals surface area (Å²) in [4.78, 5) is 0. The molecule has 0 saturated heterocycles. The van der Waals surface area contributed by atoms with Crippen molar-refractivity contribution in [2.45, 2.75) is 18.8 Å². The Bertz CT molecular complexity index is 557. The molecule has 0 spiro atoms. The van der Waals surface area contributed by atoms with E-state index in [1.807, 2.05) is 12.1 Å². The van der Waals surface area contributed by atoms with Crippen molar-refractivity contribution in [3.05, 3.63) is 34.5 Å². The summed E-state index contributed by atoms with van der Waals surface area (Å²) < 4.78 is 2.23. The first-order chi connectivity index (χ1) is 7.74. The predicted molar refractivity (Wildman–Crippen MR) is 68.0 cm³/mol. The second-order valence-electron chi connectivity index (χ2n) is 4.53. The second kappa shape index (κ2) is 3.51. The predicted octanol–water partition coefficient (Wildman–Crippen LogP) is 2.82. The van der Waals surface area contributed by atoms with E-state index >= 15 is 0 Å². The van der Waals surface area contributed by atoms with E-state index in [1.165, 1.54) is 23.1 Å². The summed E-state index contributed by atoms with van der Waals surface area (Å²) in [5, 5.41) is 2.14. The van der Waals surface area contributed by atoms with Crippen LogP contribution in [0, 0.1) is 0 Å². The van der Waals surface area contributed by atoms with Crippen LogP contribution in [0.25, 0.3) is 10.9 Å². The van der Waals surface area contributed by atoms with Gasteiger partial charge in [-0.2, -0.15) is 0 Å². The van der Waals surface area contributed by atoms with Crippen molar-refractivity contribution in [3.8, 4) is 0 Å². The number of halogens is 1. The van der Waals surface area contributed by atoms with Crippen LogP contribution in [0.5, 0.6) is 0 Å². The van der Waals surface area contributed by atoms with Crippen LogP contribution in [0.2, 0.25) is 5.02 Å². The Morgan fingerprint density at radius 1 is 1.50 bits per heavy atom. The fourth-order valence-electron chi connectivity index (χ4n) is 3.03. The summed E-state index contributed by atoms with van der Waals surface area (Å²) in [6.07, 6.45) is 2.31. The Morgan fingerprint density at radius 2 is 2.31 bits per heavy atom. The Hall–Kier alpha value is -0.990. The molecule has 3 rings (SSSR count). The fourth-order valence-corrected chi connectivity index (χ4v) is 3.33. The lowest BCUT2D eigenvalue weighted by Crippen LogP contribution is -2.12. The van der Waals surface area contributed by atoms with Gasteiger partial charge in [0.2, 0.25) is 0 Å². The molecular weight excluding hydrogens is 220 g/mol. The topological polar surface area (TPSA) is 30.9 Å². The number of nitrogens with zero attached hydrogens (tertiary/aromatic N) is 1. The van der Waals surface area contributed by atoms with Gasteiger partial charge in [-0.25, -0.2) is 0 Å². The van der Waals surface area contributed by atoms with Gasteiger partial charge in [0.25, 0.3) is 0 Å². The van der Waals surface area contributed by atoms with Crippen molar-refractivity contribution in [2.75, 3.05) is 6.54 Å². The van der Waals surface area contributed by atoms with Crippen LogP contribution in [0.3, 0.4) is 0 Å². The molecule has 1 heterocycles. The van der Waals surface area contributed by atoms with Gasteiger partial charge in [0.1, 0.15) is 0 Å². The molecule has 1 aromatic heterocycles. The van der Waals surface area contributed by atoms with Crippen molar-refractivity contribution in [1.29, 1.82) is 0 Å². The third-order valence-corrected chi connectivity index (χ3v) is 4.04. The number of benzene rings is 1. The SMILES string of the molecule is Cn1c2c(c3cccc(Cl)c31)CCC2CN.